The molecule has 0 spiro atoms. The first-order valence-electron chi connectivity index (χ1n) is 5.45. The number of hydrogen-bond donors (Lipinski definition) is 0. The fourth-order valence-electron chi connectivity index (χ4n) is 1.96. The SMILES string of the molecule is O=c1c2ccccc2sc2cc(P(=O)([O-])[O-])ccc12. The van der Waals surface area contributed by atoms with Gasteiger partial charge in [-0.2, -0.15) is 0 Å². The zero-order valence-electron chi connectivity index (χ0n) is 9.53. The van der Waals surface area contributed by atoms with Crippen molar-refractivity contribution in [2.24, 2.45) is 0 Å². The van der Waals surface area contributed by atoms with E-state index >= 15 is 0 Å². The van der Waals surface area contributed by atoms with Gasteiger partial charge in [0, 0.05) is 20.2 Å². The van der Waals surface area contributed by atoms with E-state index in [2.05, 4.69) is 0 Å². The molecule has 0 fully saturated rings. The molecule has 0 radical (unpaired) electrons. The second-order valence-electron chi connectivity index (χ2n) is 4.11. The Hall–Kier alpha value is -1.52. The van der Waals surface area contributed by atoms with Crippen LogP contribution in [0.2, 0.25) is 0 Å². The lowest BCUT2D eigenvalue weighted by atomic mass is 10.2. The van der Waals surface area contributed by atoms with Crippen LogP contribution in [0.25, 0.3) is 20.2 Å². The standard InChI is InChI=1S/C13H9O4PS/c14-13-9-3-1-2-4-11(9)19-12-7-8(18(15,16)17)5-6-10(12)13/h1-7H,(H2,15,16,17)/p-2. The van der Waals surface area contributed by atoms with Crippen LogP contribution in [0.3, 0.4) is 0 Å². The van der Waals surface area contributed by atoms with Crippen LogP contribution in [0.15, 0.2) is 47.3 Å². The van der Waals surface area contributed by atoms with Gasteiger partial charge in [-0.3, -0.25) is 4.79 Å². The minimum Gasteiger partial charge on any atom is -0.807 e. The van der Waals surface area contributed by atoms with E-state index in [9.17, 15) is 19.1 Å². The van der Waals surface area contributed by atoms with Crippen molar-refractivity contribution >= 4 is 44.4 Å². The molecule has 4 nitrogen and oxygen atoms in total. The predicted octanol–water partition coefficient (Wildman–Crippen LogP) is 0.954. The third kappa shape index (κ3) is 2.11. The maximum absolute atomic E-state index is 12.2. The Balaban J connectivity index is 2.45. The zero-order chi connectivity index (χ0) is 13.6. The molecule has 0 amide bonds. The molecule has 6 heteroatoms. The summed E-state index contributed by atoms with van der Waals surface area (Å²) in [6.45, 7) is 0. The second-order valence-corrected chi connectivity index (χ2v) is 6.70. The van der Waals surface area contributed by atoms with E-state index in [1.54, 1.807) is 24.3 Å². The molecule has 19 heavy (non-hydrogen) atoms. The summed E-state index contributed by atoms with van der Waals surface area (Å²) in [5.41, 5.74) is -0.150. The van der Waals surface area contributed by atoms with Crippen molar-refractivity contribution in [2.75, 3.05) is 0 Å². The highest BCUT2D eigenvalue weighted by molar-refractivity contribution is 7.57. The fourth-order valence-corrected chi connectivity index (χ4v) is 3.70. The van der Waals surface area contributed by atoms with E-state index in [0.717, 1.165) is 4.70 Å². The summed E-state index contributed by atoms with van der Waals surface area (Å²) < 4.78 is 12.3. The summed E-state index contributed by atoms with van der Waals surface area (Å²) in [4.78, 5) is 34.3. The summed E-state index contributed by atoms with van der Waals surface area (Å²) in [5.74, 6) is 0. The van der Waals surface area contributed by atoms with Crippen LogP contribution in [-0.2, 0) is 4.57 Å². The van der Waals surface area contributed by atoms with Gasteiger partial charge in [0.25, 0.3) is 0 Å². The zero-order valence-corrected chi connectivity index (χ0v) is 11.2. The molecule has 1 aromatic heterocycles. The van der Waals surface area contributed by atoms with Gasteiger partial charge in [0.1, 0.15) is 0 Å². The van der Waals surface area contributed by atoms with Gasteiger partial charge in [0.15, 0.2) is 5.43 Å². The van der Waals surface area contributed by atoms with Gasteiger partial charge in [0.2, 0.25) is 0 Å². The molecule has 1 heterocycles. The van der Waals surface area contributed by atoms with Crippen molar-refractivity contribution in [2.45, 2.75) is 0 Å². The maximum Gasteiger partial charge on any atom is 0.195 e. The first-order chi connectivity index (χ1) is 8.97. The molecular formula is C13H7O4PS-2. The molecule has 0 N–H and O–H groups in total. The van der Waals surface area contributed by atoms with E-state index in [0.29, 0.717) is 15.5 Å². The maximum atomic E-state index is 12.2. The highest BCUT2D eigenvalue weighted by Gasteiger charge is 2.07. The van der Waals surface area contributed by atoms with Crippen LogP contribution in [0.1, 0.15) is 0 Å². The molecule has 0 aliphatic heterocycles. The first kappa shape index (κ1) is 12.5. The molecule has 0 saturated carbocycles. The molecule has 0 aliphatic carbocycles. The Bertz CT molecular complexity index is 894. The van der Waals surface area contributed by atoms with Crippen molar-refractivity contribution in [3.8, 4) is 0 Å². The summed E-state index contributed by atoms with van der Waals surface area (Å²) in [6, 6.07) is 11.0. The van der Waals surface area contributed by atoms with E-state index < -0.39 is 7.60 Å². The van der Waals surface area contributed by atoms with E-state index in [4.69, 9.17) is 0 Å². The molecule has 0 bridgehead atoms. The fraction of sp³-hybridized carbons (Fsp3) is 0. The summed E-state index contributed by atoms with van der Waals surface area (Å²) >= 11 is 1.30. The largest absolute Gasteiger partial charge is 0.807 e. The summed E-state index contributed by atoms with van der Waals surface area (Å²) in [5, 5.41) is 0.743. The number of fused-ring (bicyclic) bond motifs is 2. The quantitative estimate of drug-likeness (QED) is 0.493. The molecule has 3 rings (SSSR count). The van der Waals surface area contributed by atoms with Crippen LogP contribution in [0.4, 0.5) is 0 Å². The van der Waals surface area contributed by atoms with Crippen molar-refractivity contribution in [3.05, 3.63) is 52.7 Å². The number of rotatable bonds is 1. The monoisotopic (exact) mass is 290 g/mol. The molecule has 96 valence electrons. The molecule has 2 aromatic carbocycles. The average molecular weight is 290 g/mol. The number of hydrogen-bond acceptors (Lipinski definition) is 5. The smallest absolute Gasteiger partial charge is 0.195 e. The van der Waals surface area contributed by atoms with Gasteiger partial charge in [0.05, 0.1) is 0 Å². The van der Waals surface area contributed by atoms with Crippen molar-refractivity contribution < 1.29 is 14.4 Å². The van der Waals surface area contributed by atoms with Gasteiger partial charge in [-0.15, -0.1) is 11.3 Å². The topological polar surface area (TPSA) is 80.3 Å². The van der Waals surface area contributed by atoms with Gasteiger partial charge in [-0.1, -0.05) is 18.2 Å². The molecular weight excluding hydrogens is 283 g/mol. The Morgan fingerprint density at radius 2 is 1.63 bits per heavy atom. The van der Waals surface area contributed by atoms with Crippen molar-refractivity contribution in [1.29, 1.82) is 0 Å². The number of benzene rings is 2. The van der Waals surface area contributed by atoms with Crippen LogP contribution in [0.5, 0.6) is 0 Å². The van der Waals surface area contributed by atoms with Gasteiger partial charge in [-0.05, 0) is 37.2 Å². The molecule has 0 aliphatic rings. The normalized spacial score (nSPS) is 12.1. The molecule has 0 unspecified atom stereocenters. The highest BCUT2D eigenvalue weighted by Crippen LogP contribution is 2.28. The van der Waals surface area contributed by atoms with E-state index in [1.165, 1.54) is 29.5 Å². The van der Waals surface area contributed by atoms with Crippen LogP contribution >= 0.6 is 18.9 Å². The first-order valence-corrected chi connectivity index (χ1v) is 7.81. The Morgan fingerprint density at radius 1 is 0.947 bits per heavy atom. The van der Waals surface area contributed by atoms with Crippen LogP contribution in [0, 0.1) is 0 Å². The summed E-state index contributed by atoms with van der Waals surface area (Å²) in [6.07, 6.45) is 0. The highest BCUT2D eigenvalue weighted by atomic mass is 32.1. The Kier molecular flexibility index (Phi) is 2.80. The average Bonchev–Trinajstić information content (AvgIpc) is 2.37. The lowest BCUT2D eigenvalue weighted by Crippen LogP contribution is -2.24. The van der Waals surface area contributed by atoms with Gasteiger partial charge < -0.3 is 14.4 Å². The minimum absolute atomic E-state index is 0.150. The van der Waals surface area contributed by atoms with Crippen LogP contribution in [-0.4, -0.2) is 0 Å². The Morgan fingerprint density at radius 3 is 2.37 bits per heavy atom. The van der Waals surface area contributed by atoms with Gasteiger partial charge in [-0.25, -0.2) is 0 Å². The molecule has 0 saturated heterocycles. The lowest BCUT2D eigenvalue weighted by molar-refractivity contribution is -0.307. The van der Waals surface area contributed by atoms with Crippen molar-refractivity contribution in [3.63, 3.8) is 0 Å². The molecule has 0 atom stereocenters. The minimum atomic E-state index is -4.79. The molecule has 3 aromatic rings. The third-order valence-electron chi connectivity index (χ3n) is 2.88. The Labute approximate surface area is 112 Å². The van der Waals surface area contributed by atoms with Crippen LogP contribution < -0.4 is 20.5 Å². The van der Waals surface area contributed by atoms with E-state index in [-0.39, 0.29) is 10.7 Å². The predicted molar refractivity (Wildman–Crippen MR) is 72.8 cm³/mol. The lowest BCUT2D eigenvalue weighted by Gasteiger charge is -2.29. The third-order valence-corrected chi connectivity index (χ3v) is 4.92. The van der Waals surface area contributed by atoms with E-state index in [1.807, 2.05) is 0 Å². The van der Waals surface area contributed by atoms with Gasteiger partial charge >= 0.3 is 0 Å². The van der Waals surface area contributed by atoms with Crippen molar-refractivity contribution in [1.82, 2.24) is 0 Å². The summed E-state index contributed by atoms with van der Waals surface area (Å²) in [7, 11) is -4.79. The second kappa shape index (κ2) is 4.25.